The Balaban J connectivity index is 3.04. The Morgan fingerprint density at radius 1 is 1.38 bits per heavy atom. The summed E-state index contributed by atoms with van der Waals surface area (Å²) in [5.74, 6) is -0.545. The largest absolute Gasteiger partial charge is 0.573 e. The Hall–Kier alpha value is -2.28. The standard InChI is InChI=1S/C9H4F3N3O/c10-9(11,12)16-7-3-6(1-2-13)8(4-14)15-5-7/h3,5H,1H2. The third kappa shape index (κ3) is 3.14. The van der Waals surface area contributed by atoms with Gasteiger partial charge in [0.15, 0.2) is 0 Å². The minimum Gasteiger partial charge on any atom is -0.404 e. The zero-order chi connectivity index (χ0) is 12.2. The summed E-state index contributed by atoms with van der Waals surface area (Å²) in [6.07, 6.45) is -4.24. The first-order valence-electron chi connectivity index (χ1n) is 3.98. The number of ether oxygens (including phenoxy) is 1. The second kappa shape index (κ2) is 4.49. The van der Waals surface area contributed by atoms with Crippen molar-refractivity contribution in [1.82, 2.24) is 4.98 Å². The van der Waals surface area contributed by atoms with E-state index in [2.05, 4.69) is 9.72 Å². The number of aromatic nitrogens is 1. The van der Waals surface area contributed by atoms with Gasteiger partial charge in [-0.25, -0.2) is 4.98 Å². The molecule has 0 aliphatic rings. The lowest BCUT2D eigenvalue weighted by Gasteiger charge is -2.09. The molecule has 82 valence electrons. The van der Waals surface area contributed by atoms with Gasteiger partial charge in [0, 0.05) is 5.56 Å². The molecule has 7 heteroatoms. The van der Waals surface area contributed by atoms with Crippen LogP contribution in [0.3, 0.4) is 0 Å². The molecule has 4 nitrogen and oxygen atoms in total. The SMILES string of the molecule is N#CCc1cc(OC(F)(F)F)cnc1C#N. The van der Waals surface area contributed by atoms with Gasteiger partial charge >= 0.3 is 6.36 Å². The number of nitriles is 2. The summed E-state index contributed by atoms with van der Waals surface area (Å²) in [7, 11) is 0. The fraction of sp³-hybridized carbons (Fsp3) is 0.222. The lowest BCUT2D eigenvalue weighted by molar-refractivity contribution is -0.274. The Morgan fingerprint density at radius 2 is 2.06 bits per heavy atom. The van der Waals surface area contributed by atoms with Crippen LogP contribution in [0.2, 0.25) is 0 Å². The van der Waals surface area contributed by atoms with Crippen LogP contribution < -0.4 is 4.74 Å². The van der Waals surface area contributed by atoms with E-state index in [4.69, 9.17) is 10.5 Å². The predicted octanol–water partition coefficient (Wildman–Crippen LogP) is 1.92. The van der Waals surface area contributed by atoms with E-state index in [-0.39, 0.29) is 17.7 Å². The number of rotatable bonds is 2. The predicted molar refractivity (Wildman–Crippen MR) is 45.0 cm³/mol. The molecule has 0 amide bonds. The van der Waals surface area contributed by atoms with Crippen LogP contribution in [-0.4, -0.2) is 11.3 Å². The van der Waals surface area contributed by atoms with Crippen LogP contribution in [0.1, 0.15) is 11.3 Å². The van der Waals surface area contributed by atoms with E-state index in [1.54, 1.807) is 12.1 Å². The molecular weight excluding hydrogens is 223 g/mol. The van der Waals surface area contributed by atoms with Crippen molar-refractivity contribution in [3.63, 3.8) is 0 Å². The van der Waals surface area contributed by atoms with Crippen LogP contribution >= 0.6 is 0 Å². The molecule has 0 radical (unpaired) electrons. The minimum atomic E-state index is -4.82. The van der Waals surface area contributed by atoms with Gasteiger partial charge in [0.05, 0.1) is 18.7 Å². The molecule has 0 atom stereocenters. The monoisotopic (exact) mass is 227 g/mol. The molecule has 0 fully saturated rings. The van der Waals surface area contributed by atoms with Crippen molar-refractivity contribution < 1.29 is 17.9 Å². The van der Waals surface area contributed by atoms with Crippen LogP contribution in [0.5, 0.6) is 5.75 Å². The van der Waals surface area contributed by atoms with E-state index in [0.717, 1.165) is 12.3 Å². The van der Waals surface area contributed by atoms with Crippen molar-refractivity contribution >= 4 is 0 Å². The molecular formula is C9H4F3N3O. The summed E-state index contributed by atoms with van der Waals surface area (Å²) >= 11 is 0. The topological polar surface area (TPSA) is 69.7 Å². The highest BCUT2D eigenvalue weighted by Gasteiger charge is 2.31. The Morgan fingerprint density at radius 3 is 2.56 bits per heavy atom. The highest BCUT2D eigenvalue weighted by atomic mass is 19.4. The summed E-state index contributed by atoms with van der Waals surface area (Å²) in [6, 6.07) is 4.37. The molecule has 16 heavy (non-hydrogen) atoms. The van der Waals surface area contributed by atoms with Crippen molar-refractivity contribution in [1.29, 1.82) is 10.5 Å². The Bertz CT molecular complexity index is 470. The number of hydrogen-bond donors (Lipinski definition) is 0. The number of alkyl halides is 3. The average molecular weight is 227 g/mol. The van der Waals surface area contributed by atoms with Gasteiger partial charge in [0.25, 0.3) is 0 Å². The highest BCUT2D eigenvalue weighted by Crippen LogP contribution is 2.23. The van der Waals surface area contributed by atoms with Gasteiger partial charge in [-0.3, -0.25) is 0 Å². The normalized spacial score (nSPS) is 10.3. The Kier molecular flexibility index (Phi) is 3.31. The van der Waals surface area contributed by atoms with Gasteiger partial charge in [0.2, 0.25) is 0 Å². The summed E-state index contributed by atoms with van der Waals surface area (Å²) in [4.78, 5) is 3.46. The van der Waals surface area contributed by atoms with E-state index < -0.39 is 12.1 Å². The first-order chi connectivity index (χ1) is 7.46. The quantitative estimate of drug-likeness (QED) is 0.773. The number of halogens is 3. The van der Waals surface area contributed by atoms with Gasteiger partial charge in [-0.1, -0.05) is 0 Å². The summed E-state index contributed by atoms with van der Waals surface area (Å²) in [6.45, 7) is 0. The first-order valence-corrected chi connectivity index (χ1v) is 3.98. The van der Waals surface area contributed by atoms with Gasteiger partial charge in [-0.2, -0.15) is 10.5 Å². The fourth-order valence-electron chi connectivity index (χ4n) is 0.998. The maximum Gasteiger partial charge on any atom is 0.573 e. The molecule has 0 saturated carbocycles. The van der Waals surface area contributed by atoms with Crippen LogP contribution in [0.15, 0.2) is 12.3 Å². The van der Waals surface area contributed by atoms with Gasteiger partial charge in [0.1, 0.15) is 17.5 Å². The van der Waals surface area contributed by atoms with Crippen LogP contribution in [0, 0.1) is 22.7 Å². The molecule has 1 rings (SSSR count). The molecule has 0 N–H and O–H groups in total. The second-order valence-electron chi connectivity index (χ2n) is 2.67. The molecule has 1 aromatic rings. The van der Waals surface area contributed by atoms with Gasteiger partial charge < -0.3 is 4.74 Å². The molecule has 0 aliphatic carbocycles. The summed E-state index contributed by atoms with van der Waals surface area (Å²) < 4.78 is 39.2. The zero-order valence-electron chi connectivity index (χ0n) is 7.75. The lowest BCUT2D eigenvalue weighted by Crippen LogP contribution is -2.17. The number of hydrogen-bond acceptors (Lipinski definition) is 4. The maximum absolute atomic E-state index is 11.9. The smallest absolute Gasteiger partial charge is 0.404 e. The molecule has 0 bridgehead atoms. The molecule has 0 saturated heterocycles. The van der Waals surface area contributed by atoms with Gasteiger partial charge in [-0.05, 0) is 6.07 Å². The summed E-state index contributed by atoms with van der Waals surface area (Å²) in [5, 5.41) is 17.0. The first kappa shape index (κ1) is 11.8. The van der Waals surface area contributed by atoms with Crippen LogP contribution in [0.25, 0.3) is 0 Å². The average Bonchev–Trinajstić information content (AvgIpc) is 2.16. The fourth-order valence-corrected chi connectivity index (χ4v) is 0.998. The van der Waals surface area contributed by atoms with Crippen molar-refractivity contribution in [2.45, 2.75) is 12.8 Å². The van der Waals surface area contributed by atoms with E-state index in [9.17, 15) is 13.2 Å². The van der Waals surface area contributed by atoms with Crippen molar-refractivity contribution in [2.24, 2.45) is 0 Å². The van der Waals surface area contributed by atoms with Gasteiger partial charge in [-0.15, -0.1) is 13.2 Å². The molecule has 0 spiro atoms. The molecule has 1 heterocycles. The molecule has 0 aliphatic heterocycles. The lowest BCUT2D eigenvalue weighted by atomic mass is 10.1. The van der Waals surface area contributed by atoms with Crippen molar-refractivity contribution in [3.05, 3.63) is 23.5 Å². The van der Waals surface area contributed by atoms with E-state index in [1.807, 2.05) is 0 Å². The number of nitrogens with zero attached hydrogens (tertiary/aromatic N) is 3. The highest BCUT2D eigenvalue weighted by molar-refractivity contribution is 5.37. The molecule has 0 aromatic carbocycles. The van der Waals surface area contributed by atoms with Crippen LogP contribution in [0.4, 0.5) is 13.2 Å². The van der Waals surface area contributed by atoms with Crippen LogP contribution in [-0.2, 0) is 6.42 Å². The third-order valence-electron chi connectivity index (χ3n) is 1.55. The van der Waals surface area contributed by atoms with E-state index in [0.29, 0.717) is 0 Å². The van der Waals surface area contributed by atoms with E-state index in [1.165, 1.54) is 0 Å². The zero-order valence-corrected chi connectivity index (χ0v) is 7.75. The maximum atomic E-state index is 11.9. The molecule has 0 unspecified atom stereocenters. The minimum absolute atomic E-state index is 0.0870. The van der Waals surface area contributed by atoms with Crippen molar-refractivity contribution in [2.75, 3.05) is 0 Å². The Labute approximate surface area is 88.5 Å². The third-order valence-corrected chi connectivity index (χ3v) is 1.55. The van der Waals surface area contributed by atoms with E-state index >= 15 is 0 Å². The molecule has 1 aromatic heterocycles. The summed E-state index contributed by atoms with van der Waals surface area (Å²) in [5.41, 5.74) is 0.0165. The second-order valence-corrected chi connectivity index (χ2v) is 2.67. The van der Waals surface area contributed by atoms with Crippen molar-refractivity contribution in [3.8, 4) is 17.9 Å². The number of pyridine rings is 1.